The van der Waals surface area contributed by atoms with Crippen LogP contribution in [0, 0.1) is 0 Å². The van der Waals surface area contributed by atoms with E-state index < -0.39 is 0 Å². The summed E-state index contributed by atoms with van der Waals surface area (Å²) in [5.41, 5.74) is 6.18. The number of anilines is 1. The van der Waals surface area contributed by atoms with Crippen LogP contribution in [-0.2, 0) is 0 Å². The molecule has 1 fully saturated rings. The maximum atomic E-state index is 7.00. The van der Waals surface area contributed by atoms with Crippen LogP contribution >= 0.6 is 0 Å². The lowest BCUT2D eigenvalue weighted by Gasteiger charge is -2.05. The van der Waals surface area contributed by atoms with E-state index in [0.29, 0.717) is 0 Å². The Morgan fingerprint density at radius 1 is 0.812 bits per heavy atom. The van der Waals surface area contributed by atoms with Crippen molar-refractivity contribution >= 4 is 5.69 Å². The van der Waals surface area contributed by atoms with E-state index in [2.05, 4.69) is 0 Å². The first-order chi connectivity index (χ1) is 7.39. The Labute approximate surface area is 100 Å². The van der Waals surface area contributed by atoms with Crippen molar-refractivity contribution in [3.63, 3.8) is 0 Å². The zero-order valence-electron chi connectivity index (χ0n) is 9.65. The van der Waals surface area contributed by atoms with Gasteiger partial charge in [-0.15, -0.1) is 0 Å². The molecule has 94 valence electrons. The molecule has 2 nitrogen and oxygen atoms in total. The van der Waals surface area contributed by atoms with Crippen LogP contribution in [-0.4, -0.2) is 12.2 Å². The number of hydrogen-bond donors (Lipinski definition) is 2. The van der Waals surface area contributed by atoms with Gasteiger partial charge in [0, 0.05) is 12.8 Å². The standard InChI is InChI=1S/C6H7N.C6H12.CH4O.CH4/c7-6-4-2-1-3-5-6;1-2-4-6-5-3-1;1-2;/h1-5H,7H2;1-6H2;2H,1H3;1H4. The van der Waals surface area contributed by atoms with E-state index >= 15 is 0 Å². The van der Waals surface area contributed by atoms with Crippen LogP contribution in [0.1, 0.15) is 46.0 Å². The largest absolute Gasteiger partial charge is 0.400 e. The number of benzene rings is 1. The number of aliphatic hydroxyl groups excluding tert-OH is 1. The molecule has 0 aromatic heterocycles. The van der Waals surface area contributed by atoms with Crippen molar-refractivity contribution in [2.45, 2.75) is 46.0 Å². The summed E-state index contributed by atoms with van der Waals surface area (Å²) in [4.78, 5) is 0. The second-order valence-electron chi connectivity index (χ2n) is 3.53. The van der Waals surface area contributed by atoms with Gasteiger partial charge in [0.2, 0.25) is 0 Å². The van der Waals surface area contributed by atoms with Gasteiger partial charge in [-0.3, -0.25) is 0 Å². The van der Waals surface area contributed by atoms with Crippen LogP contribution in [0.2, 0.25) is 0 Å². The minimum Gasteiger partial charge on any atom is -0.400 e. The number of para-hydroxylation sites is 1. The van der Waals surface area contributed by atoms with Crippen molar-refractivity contribution in [1.29, 1.82) is 0 Å². The molecule has 3 N–H and O–H groups in total. The van der Waals surface area contributed by atoms with E-state index in [1.807, 2.05) is 30.3 Å². The average Bonchev–Trinajstić information content (AvgIpc) is 2.36. The van der Waals surface area contributed by atoms with E-state index in [1.165, 1.54) is 38.5 Å². The third kappa shape index (κ3) is 11.1. The van der Waals surface area contributed by atoms with Gasteiger partial charge >= 0.3 is 0 Å². The summed E-state index contributed by atoms with van der Waals surface area (Å²) in [6.45, 7) is 0. The molecule has 0 radical (unpaired) electrons. The van der Waals surface area contributed by atoms with Crippen LogP contribution in [0.4, 0.5) is 5.69 Å². The highest BCUT2D eigenvalue weighted by molar-refractivity contribution is 5.35. The van der Waals surface area contributed by atoms with Crippen LogP contribution < -0.4 is 5.73 Å². The number of hydrogen-bond acceptors (Lipinski definition) is 2. The topological polar surface area (TPSA) is 46.2 Å². The number of rotatable bonds is 0. The molecule has 1 saturated carbocycles. The van der Waals surface area contributed by atoms with E-state index in [0.717, 1.165) is 12.8 Å². The molecule has 1 aliphatic carbocycles. The van der Waals surface area contributed by atoms with Crippen molar-refractivity contribution in [2.75, 3.05) is 12.8 Å². The Kier molecular flexibility index (Phi) is 15.2. The highest BCUT2D eigenvalue weighted by Gasteiger charge is 1.95. The van der Waals surface area contributed by atoms with E-state index in [-0.39, 0.29) is 7.43 Å². The monoisotopic (exact) mass is 225 g/mol. The fourth-order valence-corrected chi connectivity index (χ4v) is 1.51. The third-order valence-corrected chi connectivity index (χ3v) is 2.30. The normalized spacial score (nSPS) is 13.1. The molecule has 0 bridgehead atoms. The molecule has 0 atom stereocenters. The number of aliphatic hydroxyl groups is 1. The second kappa shape index (κ2) is 14.0. The predicted molar refractivity (Wildman–Crippen MR) is 73.4 cm³/mol. The molecule has 2 rings (SSSR count). The summed E-state index contributed by atoms with van der Waals surface area (Å²) in [6.07, 6.45) is 9.00. The highest BCUT2D eigenvalue weighted by atomic mass is 16.2. The van der Waals surface area contributed by atoms with Crippen LogP contribution in [0.15, 0.2) is 30.3 Å². The van der Waals surface area contributed by atoms with Crippen molar-refractivity contribution in [3.8, 4) is 0 Å². The van der Waals surface area contributed by atoms with E-state index in [1.54, 1.807) is 0 Å². The smallest absolute Gasteiger partial charge is 0.0319 e. The van der Waals surface area contributed by atoms with Gasteiger partial charge in [0.25, 0.3) is 0 Å². The quantitative estimate of drug-likeness (QED) is 0.659. The second-order valence-corrected chi connectivity index (χ2v) is 3.53. The minimum absolute atomic E-state index is 0. The van der Waals surface area contributed by atoms with Crippen molar-refractivity contribution in [2.24, 2.45) is 0 Å². The summed E-state index contributed by atoms with van der Waals surface area (Å²) >= 11 is 0. The van der Waals surface area contributed by atoms with Gasteiger partial charge in [0.1, 0.15) is 0 Å². The van der Waals surface area contributed by atoms with Gasteiger partial charge in [0.15, 0.2) is 0 Å². The fourth-order valence-electron chi connectivity index (χ4n) is 1.51. The zero-order chi connectivity index (χ0) is 11.4. The molecular formula is C14H27NO. The molecular weight excluding hydrogens is 198 g/mol. The molecule has 0 amide bonds. The fraction of sp³-hybridized carbons (Fsp3) is 0.571. The Bertz CT molecular complexity index is 196. The maximum absolute atomic E-state index is 7.00. The van der Waals surface area contributed by atoms with Crippen molar-refractivity contribution in [3.05, 3.63) is 30.3 Å². The van der Waals surface area contributed by atoms with E-state index in [9.17, 15) is 0 Å². The lowest BCUT2D eigenvalue weighted by Crippen LogP contribution is -1.85. The Morgan fingerprint density at radius 3 is 1.31 bits per heavy atom. The Morgan fingerprint density at radius 2 is 1.12 bits per heavy atom. The first-order valence-corrected chi connectivity index (χ1v) is 5.65. The van der Waals surface area contributed by atoms with Crippen molar-refractivity contribution in [1.82, 2.24) is 0 Å². The SMILES string of the molecule is C.C1CCCCC1.CO.Nc1ccccc1. The minimum atomic E-state index is 0. The van der Waals surface area contributed by atoms with Gasteiger partial charge in [-0.2, -0.15) is 0 Å². The summed E-state index contributed by atoms with van der Waals surface area (Å²) < 4.78 is 0. The van der Waals surface area contributed by atoms with Crippen LogP contribution in [0.3, 0.4) is 0 Å². The Hall–Kier alpha value is -1.02. The zero-order valence-corrected chi connectivity index (χ0v) is 9.65. The first kappa shape index (κ1) is 17.4. The molecule has 0 saturated heterocycles. The number of nitrogens with two attached hydrogens (primary N) is 1. The third-order valence-electron chi connectivity index (χ3n) is 2.30. The van der Waals surface area contributed by atoms with Gasteiger partial charge in [-0.05, 0) is 12.1 Å². The first-order valence-electron chi connectivity index (χ1n) is 5.65. The highest BCUT2D eigenvalue weighted by Crippen LogP contribution is 2.15. The molecule has 1 aliphatic rings. The maximum Gasteiger partial charge on any atom is 0.0319 e. The lowest BCUT2D eigenvalue weighted by atomic mass is 10.0. The molecule has 0 heterocycles. The van der Waals surface area contributed by atoms with Gasteiger partial charge in [0.05, 0.1) is 0 Å². The summed E-state index contributed by atoms with van der Waals surface area (Å²) in [5.74, 6) is 0. The Balaban J connectivity index is 0. The molecule has 0 aliphatic heterocycles. The van der Waals surface area contributed by atoms with Gasteiger partial charge in [-0.25, -0.2) is 0 Å². The van der Waals surface area contributed by atoms with Crippen LogP contribution in [0.5, 0.6) is 0 Å². The number of nitrogen functional groups attached to an aromatic ring is 1. The van der Waals surface area contributed by atoms with Gasteiger partial charge in [-0.1, -0.05) is 64.2 Å². The summed E-state index contributed by atoms with van der Waals surface area (Å²) in [5, 5.41) is 7.00. The van der Waals surface area contributed by atoms with Gasteiger partial charge < -0.3 is 10.8 Å². The summed E-state index contributed by atoms with van der Waals surface area (Å²) in [7, 11) is 1.00. The predicted octanol–water partition coefficient (Wildman–Crippen LogP) is 3.85. The average molecular weight is 225 g/mol. The lowest BCUT2D eigenvalue weighted by molar-refractivity contribution is 0.399. The molecule has 2 heteroatoms. The molecule has 1 aromatic carbocycles. The molecule has 16 heavy (non-hydrogen) atoms. The molecule has 0 spiro atoms. The van der Waals surface area contributed by atoms with E-state index in [4.69, 9.17) is 10.8 Å². The van der Waals surface area contributed by atoms with Crippen LogP contribution in [0.25, 0.3) is 0 Å². The molecule has 0 unspecified atom stereocenters. The molecule has 1 aromatic rings. The summed E-state index contributed by atoms with van der Waals surface area (Å²) in [6, 6.07) is 9.49. The van der Waals surface area contributed by atoms with Crippen molar-refractivity contribution < 1.29 is 5.11 Å².